The normalized spacial score (nSPS) is 18.6. The highest BCUT2D eigenvalue weighted by Crippen LogP contribution is 2.22. The summed E-state index contributed by atoms with van der Waals surface area (Å²) >= 11 is 3.49. The van der Waals surface area contributed by atoms with Gasteiger partial charge in [-0.3, -0.25) is 4.90 Å². The fourth-order valence-corrected chi connectivity index (χ4v) is 3.20. The van der Waals surface area contributed by atoms with E-state index in [9.17, 15) is 0 Å². The minimum Gasteiger partial charge on any atom is -0.355 e. The summed E-state index contributed by atoms with van der Waals surface area (Å²) in [7, 11) is 2.13. The molecule has 2 aromatic rings. The Kier molecular flexibility index (Phi) is 4.74. The van der Waals surface area contributed by atoms with Crippen LogP contribution in [0, 0.1) is 6.92 Å². The second-order valence-electron chi connectivity index (χ2n) is 5.93. The zero-order valence-electron chi connectivity index (χ0n) is 13.0. The zero-order chi connectivity index (χ0) is 15.5. The SMILES string of the molecule is Cc1cc(N(C)C2CCN(Cc3ccc(Br)cc3)C2)ncn1. The number of hydrogen-bond acceptors (Lipinski definition) is 4. The lowest BCUT2D eigenvalue weighted by Crippen LogP contribution is -2.35. The highest BCUT2D eigenvalue weighted by molar-refractivity contribution is 9.10. The van der Waals surface area contributed by atoms with Crippen LogP contribution in [-0.2, 0) is 6.54 Å². The van der Waals surface area contributed by atoms with Gasteiger partial charge < -0.3 is 4.90 Å². The number of halogens is 1. The molecule has 1 saturated heterocycles. The quantitative estimate of drug-likeness (QED) is 0.837. The highest BCUT2D eigenvalue weighted by Gasteiger charge is 2.26. The maximum absolute atomic E-state index is 4.39. The van der Waals surface area contributed by atoms with Crippen molar-refractivity contribution in [1.82, 2.24) is 14.9 Å². The number of hydrogen-bond donors (Lipinski definition) is 0. The van der Waals surface area contributed by atoms with Crippen molar-refractivity contribution >= 4 is 21.7 Å². The Morgan fingerprint density at radius 3 is 2.77 bits per heavy atom. The van der Waals surface area contributed by atoms with Crippen LogP contribution in [0.25, 0.3) is 0 Å². The minimum atomic E-state index is 0.518. The largest absolute Gasteiger partial charge is 0.355 e. The molecule has 4 nitrogen and oxygen atoms in total. The van der Waals surface area contributed by atoms with Gasteiger partial charge in [-0.15, -0.1) is 0 Å². The molecular formula is C17H21BrN4. The summed E-state index contributed by atoms with van der Waals surface area (Å²) < 4.78 is 1.13. The first-order chi connectivity index (χ1) is 10.6. The van der Waals surface area contributed by atoms with E-state index in [0.29, 0.717) is 6.04 Å². The summed E-state index contributed by atoms with van der Waals surface area (Å²) in [4.78, 5) is 13.4. The molecule has 1 aliphatic rings. The van der Waals surface area contributed by atoms with Crippen LogP contribution in [0.3, 0.4) is 0 Å². The zero-order valence-corrected chi connectivity index (χ0v) is 14.6. The number of benzene rings is 1. The van der Waals surface area contributed by atoms with Crippen LogP contribution in [-0.4, -0.2) is 41.0 Å². The first kappa shape index (κ1) is 15.4. The minimum absolute atomic E-state index is 0.518. The van der Waals surface area contributed by atoms with Crippen molar-refractivity contribution in [2.75, 3.05) is 25.0 Å². The number of aryl methyl sites for hydroxylation is 1. The van der Waals surface area contributed by atoms with Gasteiger partial charge in [-0.05, 0) is 31.0 Å². The summed E-state index contributed by atoms with van der Waals surface area (Å²) in [6.45, 7) is 5.23. The molecule has 0 radical (unpaired) electrons. The maximum Gasteiger partial charge on any atom is 0.132 e. The van der Waals surface area contributed by atoms with Crippen molar-refractivity contribution in [2.24, 2.45) is 0 Å². The van der Waals surface area contributed by atoms with E-state index in [1.54, 1.807) is 6.33 Å². The van der Waals surface area contributed by atoms with Crippen LogP contribution in [0.15, 0.2) is 41.1 Å². The van der Waals surface area contributed by atoms with Gasteiger partial charge in [0.2, 0.25) is 0 Å². The Morgan fingerprint density at radius 2 is 2.05 bits per heavy atom. The van der Waals surface area contributed by atoms with Crippen molar-refractivity contribution in [1.29, 1.82) is 0 Å². The number of nitrogens with zero attached hydrogens (tertiary/aromatic N) is 4. The standard InChI is InChI=1S/C17H21BrN4/c1-13-9-17(20-12-19-13)21(2)16-7-8-22(11-16)10-14-3-5-15(18)6-4-14/h3-6,9,12,16H,7-8,10-11H2,1-2H3. The summed E-state index contributed by atoms with van der Waals surface area (Å²) in [6.07, 6.45) is 2.83. The Balaban J connectivity index is 1.61. The van der Waals surface area contributed by atoms with Gasteiger partial charge in [0.05, 0.1) is 0 Å². The first-order valence-electron chi connectivity index (χ1n) is 7.60. The fourth-order valence-electron chi connectivity index (χ4n) is 2.94. The van der Waals surface area contributed by atoms with Gasteiger partial charge in [0, 0.05) is 49.0 Å². The third-order valence-electron chi connectivity index (χ3n) is 4.27. The van der Waals surface area contributed by atoms with E-state index in [1.165, 1.54) is 12.0 Å². The van der Waals surface area contributed by atoms with Crippen LogP contribution < -0.4 is 4.90 Å². The van der Waals surface area contributed by atoms with E-state index in [2.05, 4.69) is 73.1 Å². The molecule has 0 bridgehead atoms. The molecule has 1 atom stereocenters. The number of likely N-dealkylation sites (N-methyl/N-ethyl adjacent to an activating group) is 1. The van der Waals surface area contributed by atoms with Crippen molar-refractivity contribution in [3.63, 3.8) is 0 Å². The first-order valence-corrected chi connectivity index (χ1v) is 8.39. The van der Waals surface area contributed by atoms with E-state index >= 15 is 0 Å². The predicted octanol–water partition coefficient (Wildman–Crippen LogP) is 3.26. The molecule has 1 aromatic heterocycles. The van der Waals surface area contributed by atoms with Gasteiger partial charge in [0.15, 0.2) is 0 Å². The molecule has 0 N–H and O–H groups in total. The second kappa shape index (κ2) is 6.75. The Hall–Kier alpha value is -1.46. The molecular weight excluding hydrogens is 340 g/mol. The van der Waals surface area contributed by atoms with E-state index in [4.69, 9.17) is 0 Å². The lowest BCUT2D eigenvalue weighted by Gasteiger charge is -2.26. The molecule has 1 aromatic carbocycles. The Morgan fingerprint density at radius 1 is 1.27 bits per heavy atom. The lowest BCUT2D eigenvalue weighted by molar-refractivity contribution is 0.326. The molecule has 0 spiro atoms. The molecule has 0 amide bonds. The number of likely N-dealkylation sites (tertiary alicyclic amines) is 1. The molecule has 1 unspecified atom stereocenters. The van der Waals surface area contributed by atoms with Crippen molar-refractivity contribution < 1.29 is 0 Å². The summed E-state index contributed by atoms with van der Waals surface area (Å²) in [5.74, 6) is 1.02. The molecule has 1 aliphatic heterocycles. The van der Waals surface area contributed by atoms with Gasteiger partial charge in [0.1, 0.15) is 12.1 Å². The molecule has 2 heterocycles. The van der Waals surface area contributed by atoms with Crippen LogP contribution in [0.5, 0.6) is 0 Å². The lowest BCUT2D eigenvalue weighted by atomic mass is 10.2. The van der Waals surface area contributed by atoms with E-state index in [1.807, 2.05) is 6.92 Å². The van der Waals surface area contributed by atoms with Crippen molar-refractivity contribution in [3.8, 4) is 0 Å². The van der Waals surface area contributed by atoms with Crippen LogP contribution in [0.4, 0.5) is 5.82 Å². The van der Waals surface area contributed by atoms with Gasteiger partial charge in [-0.25, -0.2) is 9.97 Å². The monoisotopic (exact) mass is 360 g/mol. The third kappa shape index (κ3) is 3.65. The molecule has 22 heavy (non-hydrogen) atoms. The number of rotatable bonds is 4. The van der Waals surface area contributed by atoms with E-state index in [0.717, 1.165) is 35.6 Å². The Labute approximate surface area is 140 Å². The van der Waals surface area contributed by atoms with Crippen molar-refractivity contribution in [3.05, 3.63) is 52.4 Å². The number of aromatic nitrogens is 2. The summed E-state index contributed by atoms with van der Waals surface area (Å²) in [5, 5.41) is 0. The molecule has 1 fully saturated rings. The molecule has 3 rings (SSSR count). The molecule has 0 saturated carbocycles. The van der Waals surface area contributed by atoms with Crippen LogP contribution in [0.2, 0.25) is 0 Å². The number of anilines is 1. The molecule has 0 aliphatic carbocycles. The maximum atomic E-state index is 4.39. The van der Waals surface area contributed by atoms with Gasteiger partial charge in [-0.2, -0.15) is 0 Å². The summed E-state index contributed by atoms with van der Waals surface area (Å²) in [5.41, 5.74) is 2.38. The summed E-state index contributed by atoms with van der Waals surface area (Å²) in [6, 6.07) is 11.2. The van der Waals surface area contributed by atoms with Gasteiger partial charge in [-0.1, -0.05) is 28.1 Å². The predicted molar refractivity (Wildman–Crippen MR) is 93.0 cm³/mol. The third-order valence-corrected chi connectivity index (χ3v) is 4.79. The highest BCUT2D eigenvalue weighted by atomic mass is 79.9. The second-order valence-corrected chi connectivity index (χ2v) is 6.85. The fraction of sp³-hybridized carbons (Fsp3) is 0.412. The average molecular weight is 361 g/mol. The van der Waals surface area contributed by atoms with Crippen LogP contribution in [0.1, 0.15) is 17.7 Å². The molecule has 116 valence electrons. The van der Waals surface area contributed by atoms with Gasteiger partial charge >= 0.3 is 0 Å². The average Bonchev–Trinajstić information content (AvgIpc) is 2.97. The van der Waals surface area contributed by atoms with Crippen molar-refractivity contribution in [2.45, 2.75) is 25.9 Å². The smallest absolute Gasteiger partial charge is 0.132 e. The topological polar surface area (TPSA) is 32.3 Å². The van der Waals surface area contributed by atoms with Gasteiger partial charge in [0.25, 0.3) is 0 Å². The van der Waals surface area contributed by atoms with E-state index in [-0.39, 0.29) is 0 Å². The Bertz CT molecular complexity index is 629. The van der Waals surface area contributed by atoms with Crippen LogP contribution >= 0.6 is 15.9 Å². The van der Waals surface area contributed by atoms with E-state index < -0.39 is 0 Å². The molecule has 5 heteroatoms.